The maximum absolute atomic E-state index is 13.7. The van der Waals surface area contributed by atoms with E-state index in [9.17, 15) is 8.78 Å². The minimum Gasteiger partial charge on any atom is -0.395 e. The molecule has 2 rings (SSSR count). The second kappa shape index (κ2) is 9.64. The highest BCUT2D eigenvalue weighted by Gasteiger charge is 2.10. The third-order valence-corrected chi connectivity index (χ3v) is 3.42. The number of nitrogens with zero attached hydrogens (tertiary/aromatic N) is 2. The Hall–Kier alpha value is -2.78. The molecular formula is C16H17ClF2N6O. The van der Waals surface area contributed by atoms with E-state index in [1.165, 1.54) is 24.5 Å². The molecule has 2 aromatic rings. The molecule has 0 bridgehead atoms. The maximum Gasteiger partial charge on any atom is 0.229 e. The van der Waals surface area contributed by atoms with Gasteiger partial charge < -0.3 is 26.5 Å². The lowest BCUT2D eigenvalue weighted by Gasteiger charge is -2.11. The van der Waals surface area contributed by atoms with Gasteiger partial charge in [0.2, 0.25) is 5.95 Å². The zero-order chi connectivity index (χ0) is 18.9. The first-order chi connectivity index (χ1) is 12.5. The molecule has 1 heterocycles. The fourth-order valence-corrected chi connectivity index (χ4v) is 2.06. The fraction of sp³-hybridized carbons (Fsp3) is 0.188. The summed E-state index contributed by atoms with van der Waals surface area (Å²) in [6.45, 7) is 0.252. The standard InChI is InChI=1S/C16H17ClF2N6O/c17-12-9-23-16(24-11(6-20)8-21-4-5-26)25-15(12)22-7-10-2-1-3-13(18)14(10)19/h1-3,6,8-9,20-21,26H,4-5,7H2,(H2,22,23,24,25)/b11-8+,20-6?. The SMILES string of the molecule is N=C/C(=C\NCCO)Nc1ncc(Cl)c(NCc2cccc(F)c2F)n1. The van der Waals surface area contributed by atoms with Gasteiger partial charge in [-0.15, -0.1) is 0 Å². The molecule has 0 aliphatic heterocycles. The van der Waals surface area contributed by atoms with Crippen LogP contribution in [0.2, 0.25) is 5.02 Å². The highest BCUT2D eigenvalue weighted by molar-refractivity contribution is 6.32. The van der Waals surface area contributed by atoms with Crippen molar-refractivity contribution < 1.29 is 13.9 Å². The number of halogens is 3. The fourth-order valence-electron chi connectivity index (χ4n) is 1.90. The van der Waals surface area contributed by atoms with Crippen molar-refractivity contribution in [2.24, 2.45) is 0 Å². The predicted octanol–water partition coefficient (Wildman–Crippen LogP) is 2.51. The van der Waals surface area contributed by atoms with Gasteiger partial charge in [0.1, 0.15) is 5.02 Å². The van der Waals surface area contributed by atoms with Gasteiger partial charge in [-0.2, -0.15) is 4.98 Å². The summed E-state index contributed by atoms with van der Waals surface area (Å²) < 4.78 is 26.9. The van der Waals surface area contributed by atoms with Crippen LogP contribution in [0.15, 0.2) is 36.3 Å². The van der Waals surface area contributed by atoms with Crippen LogP contribution in [-0.2, 0) is 6.54 Å². The lowest BCUT2D eigenvalue weighted by molar-refractivity contribution is 0.298. The molecule has 0 aliphatic rings. The van der Waals surface area contributed by atoms with Gasteiger partial charge in [0.05, 0.1) is 18.5 Å². The van der Waals surface area contributed by atoms with Gasteiger partial charge in [-0.1, -0.05) is 23.7 Å². The molecule has 1 aromatic heterocycles. The second-order valence-corrected chi connectivity index (χ2v) is 5.41. The topological polar surface area (TPSA) is 106 Å². The van der Waals surface area contributed by atoms with E-state index in [0.29, 0.717) is 12.2 Å². The number of nitrogens with one attached hydrogen (secondary N) is 4. The highest BCUT2D eigenvalue weighted by atomic mass is 35.5. The Morgan fingerprint density at radius 3 is 2.88 bits per heavy atom. The van der Waals surface area contributed by atoms with Crippen molar-refractivity contribution in [2.45, 2.75) is 6.54 Å². The maximum atomic E-state index is 13.7. The molecule has 0 atom stereocenters. The smallest absolute Gasteiger partial charge is 0.229 e. The molecule has 26 heavy (non-hydrogen) atoms. The number of hydrogen-bond donors (Lipinski definition) is 5. The average molecular weight is 383 g/mol. The van der Waals surface area contributed by atoms with E-state index < -0.39 is 11.6 Å². The number of rotatable bonds is 9. The van der Waals surface area contributed by atoms with Gasteiger partial charge in [0, 0.05) is 31.1 Å². The summed E-state index contributed by atoms with van der Waals surface area (Å²) >= 11 is 6.02. The largest absolute Gasteiger partial charge is 0.395 e. The van der Waals surface area contributed by atoms with Crippen LogP contribution < -0.4 is 16.0 Å². The lowest BCUT2D eigenvalue weighted by atomic mass is 10.2. The number of allylic oxidation sites excluding steroid dienone is 1. The van der Waals surface area contributed by atoms with Crippen LogP contribution in [0.1, 0.15) is 5.56 Å². The predicted molar refractivity (Wildman–Crippen MR) is 96.3 cm³/mol. The number of aliphatic hydroxyl groups excluding tert-OH is 1. The summed E-state index contributed by atoms with van der Waals surface area (Å²) in [5.74, 6) is -1.50. The molecule has 1 aromatic carbocycles. The molecule has 0 amide bonds. The first-order valence-electron chi connectivity index (χ1n) is 7.56. The Morgan fingerprint density at radius 1 is 1.35 bits per heavy atom. The number of aromatic nitrogens is 2. The van der Waals surface area contributed by atoms with Crippen LogP contribution in [0, 0.1) is 17.0 Å². The Bertz CT molecular complexity index is 802. The van der Waals surface area contributed by atoms with Crippen molar-refractivity contribution in [3.05, 3.63) is 58.5 Å². The molecule has 138 valence electrons. The summed E-state index contributed by atoms with van der Waals surface area (Å²) in [6.07, 6.45) is 3.86. The van der Waals surface area contributed by atoms with E-state index >= 15 is 0 Å². The monoisotopic (exact) mass is 382 g/mol. The molecular weight excluding hydrogens is 366 g/mol. The summed E-state index contributed by atoms with van der Waals surface area (Å²) in [7, 11) is 0. The Labute approximate surface area is 153 Å². The number of hydrogen-bond acceptors (Lipinski definition) is 7. The van der Waals surface area contributed by atoms with Crippen molar-refractivity contribution in [1.82, 2.24) is 15.3 Å². The van der Waals surface area contributed by atoms with Crippen LogP contribution in [0.4, 0.5) is 20.5 Å². The summed E-state index contributed by atoms with van der Waals surface area (Å²) in [5.41, 5.74) is 0.477. The van der Waals surface area contributed by atoms with Crippen LogP contribution in [-0.4, -0.2) is 34.4 Å². The van der Waals surface area contributed by atoms with E-state index in [0.717, 1.165) is 12.3 Å². The Kier molecular flexibility index (Phi) is 7.24. The van der Waals surface area contributed by atoms with Crippen molar-refractivity contribution in [3.8, 4) is 0 Å². The molecule has 0 saturated carbocycles. The molecule has 0 radical (unpaired) electrons. The third kappa shape index (κ3) is 5.36. The number of benzene rings is 1. The number of anilines is 2. The molecule has 7 nitrogen and oxygen atoms in total. The van der Waals surface area contributed by atoms with Gasteiger partial charge in [0.25, 0.3) is 0 Å². The van der Waals surface area contributed by atoms with Gasteiger partial charge >= 0.3 is 0 Å². The van der Waals surface area contributed by atoms with Gasteiger partial charge in [-0.3, -0.25) is 0 Å². The second-order valence-electron chi connectivity index (χ2n) is 5.00. The third-order valence-electron chi connectivity index (χ3n) is 3.15. The van der Waals surface area contributed by atoms with Gasteiger partial charge in [-0.05, 0) is 6.07 Å². The summed E-state index contributed by atoms with van der Waals surface area (Å²) in [4.78, 5) is 8.14. The highest BCUT2D eigenvalue weighted by Crippen LogP contribution is 2.21. The normalized spacial score (nSPS) is 11.2. The van der Waals surface area contributed by atoms with Crippen molar-refractivity contribution in [3.63, 3.8) is 0 Å². The van der Waals surface area contributed by atoms with Crippen LogP contribution in [0.3, 0.4) is 0 Å². The first-order valence-corrected chi connectivity index (χ1v) is 7.94. The van der Waals surface area contributed by atoms with Crippen LogP contribution in [0.5, 0.6) is 0 Å². The van der Waals surface area contributed by atoms with Crippen molar-refractivity contribution in [2.75, 3.05) is 23.8 Å². The molecule has 5 N–H and O–H groups in total. The van der Waals surface area contributed by atoms with Crippen molar-refractivity contribution in [1.29, 1.82) is 5.41 Å². The first kappa shape index (κ1) is 19.5. The van der Waals surface area contributed by atoms with E-state index in [-0.39, 0.29) is 35.5 Å². The number of aliphatic hydroxyl groups is 1. The average Bonchev–Trinajstić information content (AvgIpc) is 2.64. The minimum atomic E-state index is -0.937. The van der Waals surface area contributed by atoms with E-state index in [4.69, 9.17) is 22.1 Å². The molecule has 0 spiro atoms. The minimum absolute atomic E-state index is 0.0227. The van der Waals surface area contributed by atoms with Crippen molar-refractivity contribution >= 4 is 29.6 Å². The summed E-state index contributed by atoms with van der Waals surface area (Å²) in [5, 5.41) is 24.7. The molecule has 10 heteroatoms. The summed E-state index contributed by atoms with van der Waals surface area (Å²) in [6, 6.07) is 3.89. The zero-order valence-electron chi connectivity index (χ0n) is 13.6. The van der Waals surface area contributed by atoms with Crippen LogP contribution >= 0.6 is 11.6 Å². The molecule has 0 unspecified atom stereocenters. The van der Waals surface area contributed by atoms with Gasteiger partial charge in [0.15, 0.2) is 17.5 Å². The lowest BCUT2D eigenvalue weighted by Crippen LogP contribution is -2.15. The molecule has 0 fully saturated rings. The zero-order valence-corrected chi connectivity index (χ0v) is 14.3. The quantitative estimate of drug-likeness (QED) is 0.337. The van der Waals surface area contributed by atoms with E-state index in [1.54, 1.807) is 0 Å². The Morgan fingerprint density at radius 2 is 2.15 bits per heavy atom. The molecule has 0 saturated heterocycles. The van der Waals surface area contributed by atoms with E-state index in [1.807, 2.05) is 0 Å². The van der Waals surface area contributed by atoms with Crippen LogP contribution in [0.25, 0.3) is 0 Å². The van der Waals surface area contributed by atoms with Gasteiger partial charge in [-0.25, -0.2) is 13.8 Å². The van der Waals surface area contributed by atoms with E-state index in [2.05, 4.69) is 25.9 Å². The Balaban J connectivity index is 2.10. The molecule has 0 aliphatic carbocycles.